The van der Waals surface area contributed by atoms with Crippen LogP contribution >= 0.6 is 43.2 Å². The molecule has 2 rings (SSSR count). The normalized spacial score (nSPS) is 10.7. The topological polar surface area (TPSA) is 59.8 Å². The number of hydrogen-bond acceptors (Lipinski definition) is 4. The summed E-state index contributed by atoms with van der Waals surface area (Å²) < 4.78 is 3.72. The number of carbonyl (C=O) groups excluding carboxylic acids is 1. The lowest BCUT2D eigenvalue weighted by Gasteiger charge is -2.04. The van der Waals surface area contributed by atoms with Crippen molar-refractivity contribution in [2.24, 2.45) is 0 Å². The molecule has 0 radical (unpaired) electrons. The lowest BCUT2D eigenvalue weighted by Crippen LogP contribution is -2.15. The van der Waals surface area contributed by atoms with Gasteiger partial charge in [-0.25, -0.2) is 4.98 Å². The Bertz CT molecular complexity index is 608. The molecule has 102 valence electrons. The summed E-state index contributed by atoms with van der Waals surface area (Å²) in [5.41, 5.74) is 1.96. The Hall–Kier alpha value is -0.730. The lowest BCUT2D eigenvalue weighted by atomic mass is 10.3. The van der Waals surface area contributed by atoms with Crippen molar-refractivity contribution in [3.63, 3.8) is 0 Å². The summed E-state index contributed by atoms with van der Waals surface area (Å²) in [6.07, 6.45) is 2.03. The molecule has 0 unspecified atom stereocenters. The van der Waals surface area contributed by atoms with Crippen LogP contribution in [0.25, 0.3) is 0 Å². The maximum Gasteiger partial charge on any atom is 0.228 e. The van der Waals surface area contributed by atoms with Gasteiger partial charge >= 0.3 is 0 Å². The first-order valence-corrected chi connectivity index (χ1v) is 7.98. The molecular formula is C11H12Br2N4OS. The second-order valence-corrected chi connectivity index (χ2v) is 7.18. The van der Waals surface area contributed by atoms with Crippen LogP contribution in [0.15, 0.2) is 14.5 Å². The Labute approximate surface area is 131 Å². The Morgan fingerprint density at radius 3 is 2.74 bits per heavy atom. The number of nitrogens with zero attached hydrogens (tertiary/aromatic N) is 3. The fourth-order valence-electron chi connectivity index (χ4n) is 1.59. The zero-order valence-corrected chi connectivity index (χ0v) is 14.4. The van der Waals surface area contributed by atoms with Crippen LogP contribution in [0, 0.1) is 13.8 Å². The van der Waals surface area contributed by atoms with E-state index < -0.39 is 0 Å². The van der Waals surface area contributed by atoms with E-state index in [-0.39, 0.29) is 5.91 Å². The molecule has 0 aliphatic carbocycles. The van der Waals surface area contributed by atoms with Crippen molar-refractivity contribution in [3.8, 4) is 0 Å². The average Bonchev–Trinajstić information content (AvgIpc) is 2.86. The Morgan fingerprint density at radius 1 is 1.47 bits per heavy atom. The first kappa shape index (κ1) is 14.7. The predicted molar refractivity (Wildman–Crippen MR) is 82.5 cm³/mol. The number of thiazole rings is 1. The number of hydrogen-bond donors (Lipinski definition) is 1. The predicted octanol–water partition coefficient (Wildman–Crippen LogP) is 3.51. The maximum absolute atomic E-state index is 11.8. The van der Waals surface area contributed by atoms with Gasteiger partial charge < -0.3 is 5.32 Å². The van der Waals surface area contributed by atoms with E-state index in [0.717, 1.165) is 19.6 Å². The van der Waals surface area contributed by atoms with Crippen LogP contribution in [-0.4, -0.2) is 20.7 Å². The third-order valence-electron chi connectivity index (χ3n) is 2.57. The summed E-state index contributed by atoms with van der Waals surface area (Å²) in [5, 5.41) is 7.72. The van der Waals surface area contributed by atoms with E-state index >= 15 is 0 Å². The number of nitrogens with one attached hydrogen (secondary N) is 1. The molecular weight excluding hydrogens is 396 g/mol. The monoisotopic (exact) mass is 406 g/mol. The van der Waals surface area contributed by atoms with Crippen molar-refractivity contribution >= 4 is 54.2 Å². The fraction of sp³-hybridized carbons (Fsp3) is 0.364. The van der Waals surface area contributed by atoms with Crippen LogP contribution in [0.3, 0.4) is 0 Å². The van der Waals surface area contributed by atoms with Gasteiger partial charge in [0.05, 0.1) is 26.7 Å². The number of aryl methyl sites for hydroxylation is 2. The van der Waals surface area contributed by atoms with E-state index in [4.69, 9.17) is 0 Å². The van der Waals surface area contributed by atoms with Gasteiger partial charge in [-0.05, 0) is 45.7 Å². The molecule has 2 aromatic heterocycles. The number of halogens is 2. The van der Waals surface area contributed by atoms with Crippen LogP contribution < -0.4 is 5.32 Å². The Kier molecular flexibility index (Phi) is 4.75. The Morgan fingerprint density at radius 2 is 2.21 bits per heavy atom. The molecule has 19 heavy (non-hydrogen) atoms. The van der Waals surface area contributed by atoms with Gasteiger partial charge in [0.15, 0.2) is 5.13 Å². The molecule has 2 aromatic rings. The molecule has 0 aliphatic heterocycles. The van der Waals surface area contributed by atoms with E-state index in [0.29, 0.717) is 18.1 Å². The van der Waals surface area contributed by atoms with Crippen molar-refractivity contribution in [2.45, 2.75) is 26.8 Å². The maximum atomic E-state index is 11.8. The van der Waals surface area contributed by atoms with Crippen molar-refractivity contribution in [1.29, 1.82) is 0 Å². The fourth-order valence-corrected chi connectivity index (χ4v) is 3.00. The van der Waals surface area contributed by atoms with Crippen molar-refractivity contribution < 1.29 is 4.79 Å². The second-order valence-electron chi connectivity index (χ2n) is 3.98. The number of rotatable bonds is 4. The van der Waals surface area contributed by atoms with Crippen molar-refractivity contribution in [1.82, 2.24) is 14.8 Å². The van der Waals surface area contributed by atoms with Gasteiger partial charge in [0.2, 0.25) is 5.91 Å². The molecule has 0 spiro atoms. The van der Waals surface area contributed by atoms with Gasteiger partial charge in [0.1, 0.15) is 0 Å². The first-order valence-electron chi connectivity index (χ1n) is 5.58. The van der Waals surface area contributed by atoms with Gasteiger partial charge in [-0.15, -0.1) is 0 Å². The van der Waals surface area contributed by atoms with Crippen LogP contribution in [0.2, 0.25) is 0 Å². The summed E-state index contributed by atoms with van der Waals surface area (Å²) >= 11 is 8.16. The van der Waals surface area contributed by atoms with Gasteiger partial charge in [-0.2, -0.15) is 5.10 Å². The molecule has 2 heterocycles. The highest BCUT2D eigenvalue weighted by molar-refractivity contribution is 9.11. The molecule has 0 fully saturated rings. The van der Waals surface area contributed by atoms with Crippen molar-refractivity contribution in [3.05, 3.63) is 25.8 Å². The summed E-state index contributed by atoms with van der Waals surface area (Å²) in [6.45, 7) is 4.46. The van der Waals surface area contributed by atoms with E-state index in [9.17, 15) is 4.79 Å². The standard InChI is InChI=1S/C11H12Br2N4OS/c1-6-10(13)7(2)17(16-6)4-3-9(18)15-11-14-5-8(12)19-11/h5H,3-4H2,1-2H3,(H,14,15,18). The summed E-state index contributed by atoms with van der Waals surface area (Å²) in [4.78, 5) is 15.8. The smallest absolute Gasteiger partial charge is 0.228 e. The van der Waals surface area contributed by atoms with Gasteiger partial charge in [0.25, 0.3) is 0 Å². The quantitative estimate of drug-likeness (QED) is 0.843. The molecule has 0 atom stereocenters. The molecule has 1 amide bonds. The molecule has 0 saturated carbocycles. The van der Waals surface area contributed by atoms with Gasteiger partial charge in [-0.1, -0.05) is 11.3 Å². The highest BCUT2D eigenvalue weighted by Crippen LogP contribution is 2.23. The Balaban J connectivity index is 1.91. The minimum Gasteiger partial charge on any atom is -0.302 e. The largest absolute Gasteiger partial charge is 0.302 e. The minimum absolute atomic E-state index is 0.0643. The molecule has 1 N–H and O–H groups in total. The lowest BCUT2D eigenvalue weighted by molar-refractivity contribution is -0.116. The number of aromatic nitrogens is 3. The molecule has 0 aromatic carbocycles. The van der Waals surface area contributed by atoms with E-state index in [1.807, 2.05) is 18.5 Å². The first-order chi connectivity index (χ1) is 8.97. The molecule has 0 bridgehead atoms. The highest BCUT2D eigenvalue weighted by atomic mass is 79.9. The van der Waals surface area contributed by atoms with Crippen LogP contribution in [0.4, 0.5) is 5.13 Å². The molecule has 0 aliphatic rings. The van der Waals surface area contributed by atoms with Crippen molar-refractivity contribution in [2.75, 3.05) is 5.32 Å². The second kappa shape index (κ2) is 6.15. The molecule has 8 heteroatoms. The third-order valence-corrected chi connectivity index (χ3v) is 5.11. The van der Waals surface area contributed by atoms with Crippen LogP contribution in [-0.2, 0) is 11.3 Å². The summed E-state index contributed by atoms with van der Waals surface area (Å²) in [7, 11) is 0. The van der Waals surface area contributed by atoms with E-state index in [1.165, 1.54) is 11.3 Å². The highest BCUT2D eigenvalue weighted by Gasteiger charge is 2.11. The third kappa shape index (κ3) is 3.64. The van der Waals surface area contributed by atoms with Gasteiger partial charge in [0, 0.05) is 12.1 Å². The minimum atomic E-state index is -0.0643. The zero-order chi connectivity index (χ0) is 14.0. The van der Waals surface area contributed by atoms with Crippen LogP contribution in [0.5, 0.6) is 0 Å². The molecule has 5 nitrogen and oxygen atoms in total. The van der Waals surface area contributed by atoms with Crippen LogP contribution in [0.1, 0.15) is 17.8 Å². The number of carbonyl (C=O) groups is 1. The molecule has 0 saturated heterocycles. The SMILES string of the molecule is Cc1nn(CCC(=O)Nc2ncc(Br)s2)c(C)c1Br. The summed E-state index contributed by atoms with van der Waals surface area (Å²) in [6, 6.07) is 0. The zero-order valence-electron chi connectivity index (χ0n) is 10.4. The summed E-state index contributed by atoms with van der Waals surface area (Å²) in [5.74, 6) is -0.0643. The van der Waals surface area contributed by atoms with E-state index in [2.05, 4.69) is 47.3 Å². The van der Waals surface area contributed by atoms with E-state index in [1.54, 1.807) is 6.20 Å². The number of anilines is 1. The number of amides is 1. The average molecular weight is 408 g/mol. The van der Waals surface area contributed by atoms with Gasteiger partial charge in [-0.3, -0.25) is 9.48 Å².